The number of amides is 1. The standard InChI is InChI=1S/C26H36N4O3S2.ClH/c1-7-8-15-29(6)35(32,33)22-12-10-21(11-13-22)25(31)30(16-9-14-28(4)5)26-27-23-17-19(2)20(3)18-24(23)34-26;/h10-13,17-18H,7-9,14-16H2,1-6H3;1H. The molecule has 198 valence electrons. The first-order valence-electron chi connectivity index (χ1n) is 12.0. The SMILES string of the molecule is CCCCN(C)S(=O)(=O)c1ccc(C(=O)N(CCCN(C)C)c2nc3cc(C)c(C)cc3s2)cc1.Cl. The van der Waals surface area contributed by atoms with Gasteiger partial charge in [0, 0.05) is 25.7 Å². The summed E-state index contributed by atoms with van der Waals surface area (Å²) >= 11 is 1.51. The van der Waals surface area contributed by atoms with Crippen LogP contribution < -0.4 is 4.90 Å². The molecule has 10 heteroatoms. The Morgan fingerprint density at radius 1 is 0.944 bits per heavy atom. The third-order valence-corrected chi connectivity index (χ3v) is 9.00. The molecule has 0 saturated carbocycles. The number of hydrogen-bond acceptors (Lipinski definition) is 6. The Hall–Kier alpha value is -2.04. The highest BCUT2D eigenvalue weighted by atomic mass is 35.5. The zero-order valence-electron chi connectivity index (χ0n) is 21.9. The molecule has 0 aliphatic heterocycles. The molecular formula is C26H37ClN4O3S2. The van der Waals surface area contributed by atoms with E-state index in [9.17, 15) is 13.2 Å². The fraction of sp³-hybridized carbons (Fsp3) is 0.462. The van der Waals surface area contributed by atoms with Crippen LogP contribution in [-0.4, -0.2) is 69.3 Å². The minimum absolute atomic E-state index is 0. The van der Waals surface area contributed by atoms with Crippen LogP contribution in [0.25, 0.3) is 10.2 Å². The molecule has 0 unspecified atom stereocenters. The Labute approximate surface area is 225 Å². The number of carbonyl (C=O) groups is 1. The van der Waals surface area contributed by atoms with Gasteiger partial charge in [-0.05, 0) is 94.9 Å². The van der Waals surface area contributed by atoms with Crippen molar-refractivity contribution in [3.05, 3.63) is 53.1 Å². The third kappa shape index (κ3) is 7.04. The second-order valence-corrected chi connectivity index (χ2v) is 12.3. The van der Waals surface area contributed by atoms with Crippen LogP contribution >= 0.6 is 23.7 Å². The number of aromatic nitrogens is 1. The molecule has 0 aliphatic carbocycles. The van der Waals surface area contributed by atoms with E-state index in [1.165, 1.54) is 38.9 Å². The van der Waals surface area contributed by atoms with Crippen molar-refractivity contribution in [1.29, 1.82) is 0 Å². The van der Waals surface area contributed by atoms with Crippen LogP contribution in [0.4, 0.5) is 5.13 Å². The fourth-order valence-corrected chi connectivity index (χ4v) is 6.00. The van der Waals surface area contributed by atoms with Crippen molar-refractivity contribution < 1.29 is 13.2 Å². The lowest BCUT2D eigenvalue weighted by molar-refractivity contribution is 0.0986. The van der Waals surface area contributed by atoms with Gasteiger partial charge >= 0.3 is 0 Å². The van der Waals surface area contributed by atoms with Crippen molar-refractivity contribution in [1.82, 2.24) is 14.2 Å². The lowest BCUT2D eigenvalue weighted by atomic mass is 10.1. The number of fused-ring (bicyclic) bond motifs is 1. The second kappa shape index (κ2) is 13.0. The molecule has 1 amide bonds. The van der Waals surface area contributed by atoms with Gasteiger partial charge in [0.05, 0.1) is 15.1 Å². The molecular weight excluding hydrogens is 516 g/mol. The highest BCUT2D eigenvalue weighted by Gasteiger charge is 2.24. The van der Waals surface area contributed by atoms with Crippen LogP contribution in [0.2, 0.25) is 0 Å². The van der Waals surface area contributed by atoms with Crippen molar-refractivity contribution in [3.8, 4) is 0 Å². The quantitative estimate of drug-likeness (QED) is 0.320. The predicted molar refractivity (Wildman–Crippen MR) is 152 cm³/mol. The summed E-state index contributed by atoms with van der Waals surface area (Å²) in [4.78, 5) is 22.4. The molecule has 1 aromatic heterocycles. The molecule has 0 bridgehead atoms. The number of sulfonamides is 1. The first-order chi connectivity index (χ1) is 16.5. The number of aryl methyl sites for hydroxylation is 2. The number of carbonyl (C=O) groups excluding carboxylic acids is 1. The van der Waals surface area contributed by atoms with Gasteiger partial charge in [0.15, 0.2) is 5.13 Å². The van der Waals surface area contributed by atoms with Gasteiger partial charge in [0.2, 0.25) is 10.0 Å². The molecule has 3 rings (SSSR count). The van der Waals surface area contributed by atoms with Gasteiger partial charge in [0.25, 0.3) is 5.91 Å². The van der Waals surface area contributed by atoms with Crippen LogP contribution in [0.1, 0.15) is 47.7 Å². The van der Waals surface area contributed by atoms with Crippen molar-refractivity contribution in [3.63, 3.8) is 0 Å². The molecule has 1 heterocycles. The maximum atomic E-state index is 13.6. The molecule has 0 saturated heterocycles. The first kappa shape index (κ1) is 30.2. The van der Waals surface area contributed by atoms with Gasteiger partial charge in [-0.2, -0.15) is 0 Å². The molecule has 0 N–H and O–H groups in total. The monoisotopic (exact) mass is 552 g/mol. The fourth-order valence-electron chi connectivity index (χ4n) is 3.72. The molecule has 0 atom stereocenters. The maximum Gasteiger partial charge on any atom is 0.260 e. The number of anilines is 1. The smallest absolute Gasteiger partial charge is 0.260 e. The second-order valence-electron chi connectivity index (χ2n) is 9.22. The number of rotatable bonds is 11. The summed E-state index contributed by atoms with van der Waals surface area (Å²) in [6, 6.07) is 10.4. The van der Waals surface area contributed by atoms with E-state index in [1.807, 2.05) is 21.0 Å². The van der Waals surface area contributed by atoms with Crippen LogP contribution in [0.15, 0.2) is 41.3 Å². The lowest BCUT2D eigenvalue weighted by Crippen LogP contribution is -2.33. The third-order valence-electron chi connectivity index (χ3n) is 6.09. The van der Waals surface area contributed by atoms with Crippen LogP contribution in [0.3, 0.4) is 0 Å². The largest absolute Gasteiger partial charge is 0.309 e. The summed E-state index contributed by atoms with van der Waals surface area (Å²) < 4.78 is 28.1. The van der Waals surface area contributed by atoms with E-state index in [0.29, 0.717) is 23.8 Å². The van der Waals surface area contributed by atoms with Gasteiger partial charge in [-0.25, -0.2) is 17.7 Å². The molecule has 36 heavy (non-hydrogen) atoms. The van der Waals surface area contributed by atoms with E-state index in [4.69, 9.17) is 4.98 Å². The summed E-state index contributed by atoms with van der Waals surface area (Å²) in [5.41, 5.74) is 3.69. The molecule has 7 nitrogen and oxygen atoms in total. The zero-order chi connectivity index (χ0) is 25.8. The van der Waals surface area contributed by atoms with E-state index in [2.05, 4.69) is 30.9 Å². The number of thiazole rings is 1. The molecule has 2 aromatic carbocycles. The number of hydrogen-bond donors (Lipinski definition) is 0. The summed E-state index contributed by atoms with van der Waals surface area (Å²) in [7, 11) is 2.02. The Kier molecular flexibility index (Phi) is 10.9. The van der Waals surface area contributed by atoms with Gasteiger partial charge in [0.1, 0.15) is 0 Å². The number of benzene rings is 2. The summed E-state index contributed by atoms with van der Waals surface area (Å²) in [5, 5.41) is 0.657. The van der Waals surface area contributed by atoms with E-state index in [0.717, 1.165) is 36.0 Å². The maximum absolute atomic E-state index is 13.6. The van der Waals surface area contributed by atoms with E-state index < -0.39 is 10.0 Å². The number of unbranched alkanes of at least 4 members (excludes halogenated alkanes) is 1. The average molecular weight is 553 g/mol. The zero-order valence-corrected chi connectivity index (χ0v) is 24.4. The highest BCUT2D eigenvalue weighted by Crippen LogP contribution is 2.32. The normalized spacial score (nSPS) is 11.8. The van der Waals surface area contributed by atoms with Crippen LogP contribution in [0, 0.1) is 13.8 Å². The molecule has 3 aromatic rings. The summed E-state index contributed by atoms with van der Waals surface area (Å²) in [6.07, 6.45) is 2.51. The van der Waals surface area contributed by atoms with Gasteiger partial charge in [-0.3, -0.25) is 9.69 Å². The topological polar surface area (TPSA) is 73.8 Å². The van der Waals surface area contributed by atoms with E-state index in [-0.39, 0.29) is 23.2 Å². The molecule has 0 radical (unpaired) electrons. The number of nitrogens with zero attached hydrogens (tertiary/aromatic N) is 4. The Balaban J connectivity index is 0.00000456. The average Bonchev–Trinajstić information content (AvgIpc) is 3.22. The van der Waals surface area contributed by atoms with Crippen LogP contribution in [-0.2, 0) is 10.0 Å². The minimum atomic E-state index is -3.58. The van der Waals surface area contributed by atoms with Gasteiger partial charge in [-0.15, -0.1) is 12.4 Å². The van der Waals surface area contributed by atoms with Gasteiger partial charge < -0.3 is 4.90 Å². The summed E-state index contributed by atoms with van der Waals surface area (Å²) in [5.74, 6) is -0.181. The van der Waals surface area contributed by atoms with Crippen molar-refractivity contribution in [2.24, 2.45) is 0 Å². The van der Waals surface area contributed by atoms with E-state index >= 15 is 0 Å². The summed E-state index contributed by atoms with van der Waals surface area (Å²) in [6.45, 7) is 7.99. The predicted octanol–water partition coefficient (Wildman–Crippen LogP) is 5.35. The van der Waals surface area contributed by atoms with Crippen molar-refractivity contribution in [2.45, 2.75) is 44.9 Å². The Morgan fingerprint density at radius 3 is 2.19 bits per heavy atom. The van der Waals surface area contributed by atoms with Crippen molar-refractivity contribution in [2.75, 3.05) is 45.7 Å². The van der Waals surface area contributed by atoms with E-state index in [1.54, 1.807) is 24.1 Å². The van der Waals surface area contributed by atoms with Crippen molar-refractivity contribution >= 4 is 55.0 Å². The van der Waals surface area contributed by atoms with Gasteiger partial charge in [-0.1, -0.05) is 24.7 Å². The lowest BCUT2D eigenvalue weighted by Gasteiger charge is -2.21. The number of halogens is 1. The van der Waals surface area contributed by atoms with Crippen LogP contribution in [0.5, 0.6) is 0 Å². The molecule has 0 fully saturated rings. The highest BCUT2D eigenvalue weighted by molar-refractivity contribution is 7.89. The minimum Gasteiger partial charge on any atom is -0.309 e. The first-order valence-corrected chi connectivity index (χ1v) is 14.2. The Bertz CT molecular complexity index is 1240. The molecule has 0 spiro atoms. The Morgan fingerprint density at radius 2 is 1.58 bits per heavy atom. The molecule has 0 aliphatic rings.